The minimum atomic E-state index is -5.05. The van der Waals surface area contributed by atoms with E-state index in [0.717, 1.165) is 44.9 Å². The van der Waals surface area contributed by atoms with E-state index in [4.69, 9.17) is 18.5 Å². The van der Waals surface area contributed by atoms with E-state index in [0.29, 0.717) is 13.0 Å². The summed E-state index contributed by atoms with van der Waals surface area (Å²) in [6.45, 7) is 4.05. The largest absolute Gasteiger partial charge is 0.472 e. The van der Waals surface area contributed by atoms with Crippen LogP contribution >= 0.6 is 7.82 Å². The number of allylic oxidation sites excluding steroid dienone is 9. The van der Waals surface area contributed by atoms with Crippen molar-refractivity contribution >= 4 is 13.8 Å². The molecule has 0 amide bonds. The standard InChI is InChI=1S/C50H89O12P/c1-3-5-7-9-11-13-15-17-19-20-21-22-23-24-26-28-30-32-34-36-38-40-59-41-43(42-60-63(57,58)62-50-48(55)46(53)45(52)47(54)49(50)56)61-44(51)39-37-35-33-31-29-27-25-18-16-14-12-10-8-6-4-2/h6,8,12,14,18,25,29,31,35,37,43,45-50,52-56H,3-5,7,9-11,13,15-17,19-24,26-28,30,32-34,36,38-42H2,1-2H3,(H,57,58)/b8-6-,14-12-,25-18-,31-29-,37-35-. The minimum Gasteiger partial charge on any atom is -0.457 e. The van der Waals surface area contributed by atoms with Gasteiger partial charge in [-0.05, 0) is 38.5 Å². The van der Waals surface area contributed by atoms with Gasteiger partial charge in [-0.15, -0.1) is 0 Å². The van der Waals surface area contributed by atoms with Crippen molar-refractivity contribution in [3.8, 4) is 0 Å². The second-order valence-electron chi connectivity index (χ2n) is 17.0. The third-order valence-corrected chi connectivity index (χ3v) is 12.2. The first-order chi connectivity index (χ1) is 30.5. The highest BCUT2D eigenvalue weighted by molar-refractivity contribution is 7.47. The molecule has 1 fully saturated rings. The summed E-state index contributed by atoms with van der Waals surface area (Å²) >= 11 is 0. The number of hydrogen-bond donors (Lipinski definition) is 6. The van der Waals surface area contributed by atoms with Gasteiger partial charge in [0.25, 0.3) is 0 Å². The van der Waals surface area contributed by atoms with Crippen molar-refractivity contribution in [3.05, 3.63) is 60.8 Å². The van der Waals surface area contributed by atoms with Crippen molar-refractivity contribution < 1.29 is 58.3 Å². The number of unbranched alkanes of at least 4 members (excludes halogenated alkanes) is 20. The molecule has 12 nitrogen and oxygen atoms in total. The molecule has 13 heteroatoms. The number of phosphoric ester groups is 1. The Morgan fingerprint density at radius 1 is 0.508 bits per heavy atom. The van der Waals surface area contributed by atoms with Crippen LogP contribution in [0.1, 0.15) is 187 Å². The molecule has 0 aliphatic heterocycles. The van der Waals surface area contributed by atoms with Gasteiger partial charge in [-0.3, -0.25) is 13.8 Å². The maximum absolute atomic E-state index is 12.8. The molecule has 63 heavy (non-hydrogen) atoms. The summed E-state index contributed by atoms with van der Waals surface area (Å²) in [4.78, 5) is 23.1. The lowest BCUT2D eigenvalue weighted by molar-refractivity contribution is -0.220. The zero-order chi connectivity index (χ0) is 46.2. The molecule has 6 unspecified atom stereocenters. The minimum absolute atomic E-state index is 0.0464. The van der Waals surface area contributed by atoms with Crippen molar-refractivity contribution in [2.45, 2.75) is 230 Å². The van der Waals surface area contributed by atoms with Gasteiger partial charge in [0.15, 0.2) is 0 Å². The molecular weight excluding hydrogens is 824 g/mol. The van der Waals surface area contributed by atoms with Crippen LogP contribution in [0.2, 0.25) is 0 Å². The number of aliphatic hydroxyl groups excluding tert-OH is 5. The van der Waals surface area contributed by atoms with Crippen molar-refractivity contribution in [1.29, 1.82) is 0 Å². The summed E-state index contributed by atoms with van der Waals surface area (Å²) in [5, 5.41) is 50.2. The van der Waals surface area contributed by atoms with Gasteiger partial charge < -0.3 is 39.9 Å². The second-order valence-corrected chi connectivity index (χ2v) is 18.4. The maximum Gasteiger partial charge on any atom is 0.472 e. The van der Waals surface area contributed by atoms with E-state index in [9.17, 15) is 39.8 Å². The lowest BCUT2D eigenvalue weighted by atomic mass is 9.85. The molecule has 0 aromatic carbocycles. The highest BCUT2D eigenvalue weighted by Gasteiger charge is 2.51. The van der Waals surface area contributed by atoms with Gasteiger partial charge in [-0.1, -0.05) is 203 Å². The van der Waals surface area contributed by atoms with Crippen LogP contribution in [0.3, 0.4) is 0 Å². The van der Waals surface area contributed by atoms with E-state index < -0.39 is 63.1 Å². The Morgan fingerprint density at radius 3 is 1.29 bits per heavy atom. The van der Waals surface area contributed by atoms with Crippen LogP contribution in [0.5, 0.6) is 0 Å². The van der Waals surface area contributed by atoms with Crippen molar-refractivity contribution in [3.63, 3.8) is 0 Å². The number of carbonyl (C=O) groups is 1. The summed E-state index contributed by atoms with van der Waals surface area (Å²) in [5.74, 6) is -0.602. The Hall–Kier alpha value is -1.96. The van der Waals surface area contributed by atoms with Gasteiger partial charge in [-0.25, -0.2) is 4.57 Å². The lowest BCUT2D eigenvalue weighted by Gasteiger charge is -2.41. The Labute approximate surface area is 381 Å². The summed E-state index contributed by atoms with van der Waals surface area (Å²) in [5.41, 5.74) is 0. The van der Waals surface area contributed by atoms with Crippen LogP contribution < -0.4 is 0 Å². The van der Waals surface area contributed by atoms with Crippen LogP contribution in [-0.2, 0) is 27.9 Å². The average molecular weight is 913 g/mol. The quantitative estimate of drug-likeness (QED) is 0.0147. The fourth-order valence-electron chi connectivity index (χ4n) is 7.31. The van der Waals surface area contributed by atoms with E-state index in [1.54, 1.807) is 6.08 Å². The predicted octanol–water partition coefficient (Wildman–Crippen LogP) is 10.6. The van der Waals surface area contributed by atoms with E-state index in [2.05, 4.69) is 50.3 Å². The molecule has 0 heterocycles. The lowest BCUT2D eigenvalue weighted by Crippen LogP contribution is -2.64. The predicted molar refractivity (Wildman–Crippen MR) is 253 cm³/mol. The number of phosphoric acid groups is 1. The van der Waals surface area contributed by atoms with Crippen molar-refractivity contribution in [1.82, 2.24) is 0 Å². The maximum atomic E-state index is 12.8. The molecule has 0 radical (unpaired) electrons. The third-order valence-electron chi connectivity index (χ3n) is 11.2. The number of esters is 1. The van der Waals surface area contributed by atoms with E-state index in [1.165, 1.54) is 116 Å². The first kappa shape index (κ1) is 59.1. The zero-order valence-corrected chi connectivity index (χ0v) is 40.0. The highest BCUT2D eigenvalue weighted by atomic mass is 31.2. The topological polar surface area (TPSA) is 192 Å². The van der Waals surface area contributed by atoms with Crippen LogP contribution in [0.15, 0.2) is 60.8 Å². The SMILES string of the molecule is CC/C=C\C/C=C\C/C=C\C/C=C\C/C=C\CC(=O)OC(COCCCCCCCCCCCCCCCCCCCCCCC)COP(=O)(O)OC1C(O)C(O)C(O)C(O)C1O. The molecule has 6 N–H and O–H groups in total. The number of hydrogen-bond acceptors (Lipinski definition) is 11. The van der Waals surface area contributed by atoms with Gasteiger partial charge in [0.2, 0.25) is 0 Å². The molecule has 1 aliphatic rings. The number of aliphatic hydroxyl groups is 5. The third kappa shape index (κ3) is 32.4. The summed E-state index contributed by atoms with van der Waals surface area (Å²) in [7, 11) is -5.05. The van der Waals surface area contributed by atoms with Crippen molar-refractivity contribution in [2.24, 2.45) is 0 Å². The molecule has 1 aliphatic carbocycles. The zero-order valence-electron chi connectivity index (χ0n) is 39.1. The van der Waals surface area contributed by atoms with E-state index >= 15 is 0 Å². The number of ether oxygens (including phenoxy) is 2. The van der Waals surface area contributed by atoms with Gasteiger partial charge in [-0.2, -0.15) is 0 Å². The molecule has 6 atom stereocenters. The highest BCUT2D eigenvalue weighted by Crippen LogP contribution is 2.47. The molecule has 0 aromatic heterocycles. The van der Waals surface area contributed by atoms with E-state index in [1.807, 2.05) is 18.2 Å². The van der Waals surface area contributed by atoms with Crippen LogP contribution in [-0.4, -0.2) is 98.9 Å². The number of rotatable bonds is 41. The molecule has 0 bridgehead atoms. The Bertz CT molecular complexity index is 1270. The molecule has 0 aromatic rings. The molecule has 1 rings (SSSR count). The van der Waals surface area contributed by atoms with Gasteiger partial charge in [0.05, 0.1) is 19.6 Å². The summed E-state index contributed by atoms with van der Waals surface area (Å²) < 4.78 is 34.1. The van der Waals surface area contributed by atoms with Crippen LogP contribution in [0, 0.1) is 0 Å². The Balaban J connectivity index is 2.38. The fraction of sp³-hybridized carbons (Fsp3) is 0.780. The summed E-state index contributed by atoms with van der Waals surface area (Å²) in [6, 6.07) is 0. The molecule has 0 spiro atoms. The first-order valence-electron chi connectivity index (χ1n) is 24.6. The normalized spacial score (nSPS) is 22.3. The van der Waals surface area contributed by atoms with E-state index in [-0.39, 0.29) is 13.0 Å². The molecule has 366 valence electrons. The number of carbonyl (C=O) groups excluding carboxylic acids is 1. The molecular formula is C50H89O12P. The van der Waals surface area contributed by atoms with Crippen molar-refractivity contribution in [2.75, 3.05) is 19.8 Å². The van der Waals surface area contributed by atoms with Gasteiger partial charge in [0, 0.05) is 6.61 Å². The summed E-state index contributed by atoms with van der Waals surface area (Å²) in [6.07, 6.45) is 39.0. The van der Waals surface area contributed by atoms with Gasteiger partial charge >= 0.3 is 13.8 Å². The fourth-order valence-corrected chi connectivity index (χ4v) is 8.29. The molecule has 1 saturated carbocycles. The first-order valence-corrected chi connectivity index (χ1v) is 26.1. The van der Waals surface area contributed by atoms with Crippen LogP contribution in [0.25, 0.3) is 0 Å². The average Bonchev–Trinajstić information content (AvgIpc) is 3.27. The molecule has 0 saturated heterocycles. The second kappa shape index (κ2) is 40.3. The smallest absolute Gasteiger partial charge is 0.457 e. The van der Waals surface area contributed by atoms with Crippen LogP contribution in [0.4, 0.5) is 0 Å². The monoisotopic (exact) mass is 913 g/mol. The Kier molecular flexibility index (Phi) is 37.8. The van der Waals surface area contributed by atoms with Gasteiger partial charge in [0.1, 0.15) is 42.7 Å². The Morgan fingerprint density at radius 2 is 0.873 bits per heavy atom.